The van der Waals surface area contributed by atoms with Crippen LogP contribution in [0.15, 0.2) is 48.5 Å². The molecule has 0 spiro atoms. The maximum Gasteiger partial charge on any atom is 0.121 e. The van der Waals surface area contributed by atoms with Crippen LogP contribution in [0.3, 0.4) is 0 Å². The van der Waals surface area contributed by atoms with Crippen molar-refractivity contribution in [2.75, 3.05) is 14.2 Å². The van der Waals surface area contributed by atoms with Gasteiger partial charge in [0.15, 0.2) is 0 Å². The zero-order chi connectivity index (χ0) is 15.5. The van der Waals surface area contributed by atoms with Crippen molar-refractivity contribution in [3.8, 4) is 17.2 Å². The fourth-order valence-corrected chi connectivity index (χ4v) is 2.42. The van der Waals surface area contributed by atoms with Crippen molar-refractivity contribution < 1.29 is 14.6 Å². The highest BCUT2D eigenvalue weighted by Crippen LogP contribution is 2.32. The summed E-state index contributed by atoms with van der Waals surface area (Å²) >= 11 is 0. The number of methoxy groups -OCH3 is 2. The lowest BCUT2D eigenvalue weighted by Crippen LogP contribution is -2.26. The Morgan fingerprint density at radius 2 is 1.64 bits per heavy atom. The molecule has 22 heavy (non-hydrogen) atoms. The van der Waals surface area contributed by atoms with Crippen LogP contribution in [0.2, 0.25) is 0 Å². The molecule has 0 bridgehead atoms. The smallest absolute Gasteiger partial charge is 0.121 e. The monoisotopic (exact) mass is 298 g/mol. The van der Waals surface area contributed by atoms with E-state index in [9.17, 15) is 5.11 Å². The lowest BCUT2D eigenvalue weighted by molar-refractivity contribution is 0.409. The van der Waals surface area contributed by atoms with Crippen molar-refractivity contribution in [2.24, 2.45) is 0 Å². The van der Waals surface area contributed by atoms with E-state index in [1.165, 1.54) is 0 Å². The van der Waals surface area contributed by atoms with Crippen molar-refractivity contribution in [3.05, 3.63) is 59.7 Å². The molecule has 0 aromatic heterocycles. The van der Waals surface area contributed by atoms with Crippen LogP contribution in [-0.4, -0.2) is 19.3 Å². The molecule has 1 aliphatic rings. The number of phenols is 1. The lowest BCUT2D eigenvalue weighted by Gasteiger charge is -2.12. The van der Waals surface area contributed by atoms with Gasteiger partial charge < -0.3 is 20.0 Å². The van der Waals surface area contributed by atoms with Crippen molar-refractivity contribution in [2.45, 2.75) is 6.04 Å². The van der Waals surface area contributed by atoms with E-state index in [1.807, 2.05) is 36.4 Å². The summed E-state index contributed by atoms with van der Waals surface area (Å²) < 4.78 is 10.4. The lowest BCUT2D eigenvalue weighted by atomic mass is 10.0. The molecule has 1 aliphatic heterocycles. The Morgan fingerprint density at radius 3 is 2.32 bits per heavy atom. The largest absolute Gasteiger partial charge is 0.508 e. The average Bonchev–Trinajstić information content (AvgIpc) is 3.05. The Morgan fingerprint density at radius 1 is 0.955 bits per heavy atom. The normalized spacial score (nSPS) is 16.8. The molecule has 1 heterocycles. The molecule has 5 nitrogen and oxygen atoms in total. The third kappa shape index (κ3) is 2.71. The van der Waals surface area contributed by atoms with E-state index < -0.39 is 0 Å². The molecule has 3 N–H and O–H groups in total. The first-order valence-electron chi connectivity index (χ1n) is 6.96. The van der Waals surface area contributed by atoms with Crippen LogP contribution in [0, 0.1) is 0 Å². The topological polar surface area (TPSA) is 62.8 Å². The second-order valence-electron chi connectivity index (χ2n) is 4.98. The number of hydrogen-bond acceptors (Lipinski definition) is 5. The third-order valence-electron chi connectivity index (χ3n) is 3.67. The van der Waals surface area contributed by atoms with Gasteiger partial charge in [-0.15, -0.1) is 0 Å². The Hall–Kier alpha value is -2.66. The Labute approximate surface area is 129 Å². The minimum atomic E-state index is -0.132. The molecule has 0 saturated heterocycles. The standard InChI is InChI=1S/C17H18N2O3/c1-21-12-5-3-11(4-6-12)15-10-16(19-18-15)14-9-13(22-2)7-8-17(14)20/h3-10,16,18-20H,1-2H3. The van der Waals surface area contributed by atoms with Gasteiger partial charge in [-0.3, -0.25) is 0 Å². The minimum absolute atomic E-state index is 0.132. The highest BCUT2D eigenvalue weighted by molar-refractivity contribution is 5.67. The van der Waals surface area contributed by atoms with Gasteiger partial charge in [-0.2, -0.15) is 0 Å². The number of hydrogen-bond donors (Lipinski definition) is 3. The average molecular weight is 298 g/mol. The molecule has 2 aromatic rings. The van der Waals surface area contributed by atoms with Gasteiger partial charge in [0.25, 0.3) is 0 Å². The van der Waals surface area contributed by atoms with Gasteiger partial charge in [-0.05, 0) is 54.1 Å². The summed E-state index contributed by atoms with van der Waals surface area (Å²) in [5.41, 5.74) is 9.05. The molecular weight excluding hydrogens is 280 g/mol. The predicted molar refractivity (Wildman–Crippen MR) is 84.6 cm³/mol. The van der Waals surface area contributed by atoms with Crippen LogP contribution < -0.4 is 20.3 Å². The van der Waals surface area contributed by atoms with Crippen LogP contribution in [0.5, 0.6) is 17.2 Å². The van der Waals surface area contributed by atoms with Crippen LogP contribution in [0.1, 0.15) is 17.2 Å². The molecule has 0 radical (unpaired) electrons. The van der Waals surface area contributed by atoms with Crippen LogP contribution in [-0.2, 0) is 0 Å². The molecule has 1 atom stereocenters. The molecule has 2 aromatic carbocycles. The van der Waals surface area contributed by atoms with Gasteiger partial charge in [-0.1, -0.05) is 0 Å². The quantitative estimate of drug-likeness (QED) is 0.810. The number of rotatable bonds is 4. The highest BCUT2D eigenvalue weighted by atomic mass is 16.5. The Kier molecular flexibility index (Phi) is 3.89. The van der Waals surface area contributed by atoms with Crippen LogP contribution in [0.4, 0.5) is 0 Å². The second kappa shape index (κ2) is 5.99. The van der Waals surface area contributed by atoms with Gasteiger partial charge in [0, 0.05) is 5.56 Å². The molecule has 5 heteroatoms. The fraction of sp³-hybridized carbons (Fsp3) is 0.176. The van der Waals surface area contributed by atoms with E-state index in [0.29, 0.717) is 5.75 Å². The van der Waals surface area contributed by atoms with Crippen molar-refractivity contribution in [3.63, 3.8) is 0 Å². The number of hydrazine groups is 1. The molecular formula is C17H18N2O3. The van der Waals surface area contributed by atoms with Crippen LogP contribution >= 0.6 is 0 Å². The second-order valence-corrected chi connectivity index (χ2v) is 4.98. The fourth-order valence-electron chi connectivity index (χ4n) is 2.42. The first-order chi connectivity index (χ1) is 10.7. The van der Waals surface area contributed by atoms with E-state index >= 15 is 0 Å². The Balaban J connectivity index is 1.87. The summed E-state index contributed by atoms with van der Waals surface area (Å²) in [4.78, 5) is 0. The maximum absolute atomic E-state index is 10.0. The molecule has 0 saturated carbocycles. The Bertz CT molecular complexity index is 696. The van der Waals surface area contributed by atoms with E-state index in [0.717, 1.165) is 22.6 Å². The van der Waals surface area contributed by atoms with Gasteiger partial charge >= 0.3 is 0 Å². The summed E-state index contributed by atoms with van der Waals surface area (Å²) in [6, 6.07) is 12.8. The zero-order valence-corrected chi connectivity index (χ0v) is 12.5. The highest BCUT2D eigenvalue weighted by Gasteiger charge is 2.20. The predicted octanol–water partition coefficient (Wildman–Crippen LogP) is 2.60. The SMILES string of the molecule is COc1ccc(C2=CC(c3cc(OC)ccc3O)NN2)cc1. The van der Waals surface area contributed by atoms with Gasteiger partial charge in [0.05, 0.1) is 26.0 Å². The molecule has 3 rings (SSSR count). The van der Waals surface area contributed by atoms with Gasteiger partial charge in [-0.25, -0.2) is 5.43 Å². The number of phenolic OH excluding ortho intramolecular Hbond substituents is 1. The molecule has 0 aliphatic carbocycles. The van der Waals surface area contributed by atoms with Gasteiger partial charge in [0.2, 0.25) is 0 Å². The summed E-state index contributed by atoms with van der Waals surface area (Å²) in [6.07, 6.45) is 2.02. The van der Waals surface area contributed by atoms with Crippen molar-refractivity contribution in [1.29, 1.82) is 0 Å². The number of benzene rings is 2. The first-order valence-corrected chi connectivity index (χ1v) is 6.96. The first kappa shape index (κ1) is 14.3. The molecule has 1 unspecified atom stereocenters. The van der Waals surface area contributed by atoms with E-state index in [1.54, 1.807) is 26.4 Å². The van der Waals surface area contributed by atoms with Gasteiger partial charge in [0.1, 0.15) is 17.2 Å². The third-order valence-corrected chi connectivity index (χ3v) is 3.67. The minimum Gasteiger partial charge on any atom is -0.508 e. The molecule has 114 valence electrons. The number of aromatic hydroxyl groups is 1. The van der Waals surface area contributed by atoms with Crippen molar-refractivity contribution >= 4 is 5.70 Å². The van der Waals surface area contributed by atoms with E-state index in [4.69, 9.17) is 9.47 Å². The summed E-state index contributed by atoms with van der Waals surface area (Å²) in [6.45, 7) is 0. The summed E-state index contributed by atoms with van der Waals surface area (Å²) in [5, 5.41) is 10.0. The van der Waals surface area contributed by atoms with Crippen molar-refractivity contribution in [1.82, 2.24) is 10.9 Å². The summed E-state index contributed by atoms with van der Waals surface area (Å²) in [7, 11) is 3.25. The van der Waals surface area contributed by atoms with E-state index in [2.05, 4.69) is 10.9 Å². The summed E-state index contributed by atoms with van der Waals surface area (Å²) in [5.74, 6) is 1.76. The molecule has 0 fully saturated rings. The number of nitrogens with one attached hydrogen (secondary N) is 2. The molecule has 0 amide bonds. The van der Waals surface area contributed by atoms with Crippen LogP contribution in [0.25, 0.3) is 5.70 Å². The van der Waals surface area contributed by atoms with E-state index in [-0.39, 0.29) is 11.8 Å². The maximum atomic E-state index is 10.0. The zero-order valence-electron chi connectivity index (χ0n) is 12.5. The number of ether oxygens (including phenoxy) is 2.